The van der Waals surface area contributed by atoms with E-state index >= 15 is 0 Å². The fourth-order valence-electron chi connectivity index (χ4n) is 1.55. The van der Waals surface area contributed by atoms with E-state index in [1.165, 1.54) is 0 Å². The molecule has 0 amide bonds. The Hall–Kier alpha value is -1.53. The Labute approximate surface area is 123 Å². The number of alkyl halides is 2. The maximum absolute atomic E-state index is 11.0. The molecule has 0 fully saturated rings. The SMILES string of the molecule is CC(C)(F)F.OCC1=NOC(COCc2ccccc2)C1. The number of oxime groups is 1. The van der Waals surface area contributed by atoms with Crippen molar-refractivity contribution in [3.63, 3.8) is 0 Å². The molecule has 0 spiro atoms. The highest BCUT2D eigenvalue weighted by Crippen LogP contribution is 2.11. The number of aliphatic hydroxyl groups is 1. The number of hydrogen-bond acceptors (Lipinski definition) is 4. The molecule has 1 heterocycles. The van der Waals surface area contributed by atoms with Gasteiger partial charge in [0.25, 0.3) is 0 Å². The second-order valence-electron chi connectivity index (χ2n) is 5.08. The van der Waals surface area contributed by atoms with Gasteiger partial charge in [0.2, 0.25) is 5.92 Å². The molecule has 1 aliphatic heterocycles. The van der Waals surface area contributed by atoms with Crippen LogP contribution in [0.2, 0.25) is 0 Å². The first-order chi connectivity index (χ1) is 9.88. The smallest absolute Gasteiger partial charge is 0.242 e. The summed E-state index contributed by atoms with van der Waals surface area (Å²) in [4.78, 5) is 5.10. The summed E-state index contributed by atoms with van der Waals surface area (Å²) in [6, 6.07) is 9.98. The number of rotatable bonds is 5. The Morgan fingerprint density at radius 1 is 1.33 bits per heavy atom. The van der Waals surface area contributed by atoms with Crippen molar-refractivity contribution >= 4 is 5.71 Å². The summed E-state index contributed by atoms with van der Waals surface area (Å²) < 4.78 is 27.6. The second-order valence-corrected chi connectivity index (χ2v) is 5.08. The molecule has 1 atom stereocenters. The predicted molar refractivity (Wildman–Crippen MR) is 76.4 cm³/mol. The third-order valence-corrected chi connectivity index (χ3v) is 2.39. The van der Waals surface area contributed by atoms with Crippen LogP contribution in [-0.2, 0) is 16.2 Å². The molecule has 1 aromatic carbocycles. The summed E-state index contributed by atoms with van der Waals surface area (Å²) in [6.07, 6.45) is 0.608. The lowest BCUT2D eigenvalue weighted by atomic mass is 10.2. The van der Waals surface area contributed by atoms with E-state index in [0.717, 1.165) is 19.4 Å². The lowest BCUT2D eigenvalue weighted by Crippen LogP contribution is -2.16. The van der Waals surface area contributed by atoms with Gasteiger partial charge in [-0.3, -0.25) is 0 Å². The summed E-state index contributed by atoms with van der Waals surface area (Å²) >= 11 is 0. The number of hydrogen-bond donors (Lipinski definition) is 1. The van der Waals surface area contributed by atoms with E-state index in [4.69, 9.17) is 14.7 Å². The minimum absolute atomic E-state index is 0.0326. The lowest BCUT2D eigenvalue weighted by molar-refractivity contribution is -0.00305. The third-order valence-electron chi connectivity index (χ3n) is 2.39. The number of aliphatic hydroxyl groups excluding tert-OH is 1. The van der Waals surface area contributed by atoms with Gasteiger partial charge in [-0.15, -0.1) is 0 Å². The lowest BCUT2D eigenvalue weighted by Gasteiger charge is -2.08. The van der Waals surface area contributed by atoms with Crippen LogP contribution in [0.15, 0.2) is 35.5 Å². The Bertz CT molecular complexity index is 426. The fourth-order valence-corrected chi connectivity index (χ4v) is 1.55. The number of benzene rings is 1. The molecule has 1 aromatic rings. The third kappa shape index (κ3) is 9.10. The largest absolute Gasteiger partial charge is 0.390 e. The molecule has 4 nitrogen and oxygen atoms in total. The van der Waals surface area contributed by atoms with Crippen LogP contribution in [0.25, 0.3) is 0 Å². The van der Waals surface area contributed by atoms with Crippen molar-refractivity contribution < 1.29 is 23.5 Å². The molecular weight excluding hydrogens is 280 g/mol. The summed E-state index contributed by atoms with van der Waals surface area (Å²) in [5.74, 6) is -2.50. The van der Waals surface area contributed by atoms with Gasteiger partial charge in [-0.25, -0.2) is 8.78 Å². The Balaban J connectivity index is 0.000000383. The van der Waals surface area contributed by atoms with Crippen LogP contribution in [-0.4, -0.2) is 36.1 Å². The van der Waals surface area contributed by atoms with Crippen LogP contribution in [0.5, 0.6) is 0 Å². The molecule has 0 aliphatic carbocycles. The van der Waals surface area contributed by atoms with Gasteiger partial charge in [0.05, 0.1) is 25.5 Å². The van der Waals surface area contributed by atoms with E-state index in [2.05, 4.69) is 5.16 Å². The average Bonchev–Trinajstić information content (AvgIpc) is 2.86. The Morgan fingerprint density at radius 3 is 2.48 bits per heavy atom. The van der Waals surface area contributed by atoms with Crippen molar-refractivity contribution in [3.8, 4) is 0 Å². The first kappa shape index (κ1) is 17.5. The van der Waals surface area contributed by atoms with E-state index in [1.54, 1.807) is 0 Å². The monoisotopic (exact) mass is 301 g/mol. The highest BCUT2D eigenvalue weighted by Gasteiger charge is 2.20. The number of ether oxygens (including phenoxy) is 1. The molecule has 1 N–H and O–H groups in total. The van der Waals surface area contributed by atoms with Crippen LogP contribution in [0.4, 0.5) is 8.78 Å². The second kappa shape index (κ2) is 8.69. The zero-order chi connectivity index (χ0) is 15.7. The van der Waals surface area contributed by atoms with Gasteiger partial charge >= 0.3 is 0 Å². The van der Waals surface area contributed by atoms with E-state index < -0.39 is 5.92 Å². The molecule has 0 radical (unpaired) electrons. The molecule has 0 saturated heterocycles. The van der Waals surface area contributed by atoms with Crippen molar-refractivity contribution in [2.24, 2.45) is 5.16 Å². The van der Waals surface area contributed by atoms with Gasteiger partial charge in [0, 0.05) is 6.42 Å². The van der Waals surface area contributed by atoms with Crippen LogP contribution < -0.4 is 0 Å². The fraction of sp³-hybridized carbons (Fsp3) is 0.533. The van der Waals surface area contributed by atoms with Crippen molar-refractivity contribution in [1.29, 1.82) is 0 Å². The van der Waals surface area contributed by atoms with Crippen LogP contribution in [0.1, 0.15) is 25.8 Å². The number of halogens is 2. The Morgan fingerprint density at radius 2 is 1.95 bits per heavy atom. The first-order valence-electron chi connectivity index (χ1n) is 6.70. The highest BCUT2D eigenvalue weighted by atomic mass is 19.3. The van der Waals surface area contributed by atoms with E-state index in [1.807, 2.05) is 30.3 Å². The maximum Gasteiger partial charge on any atom is 0.242 e. The topological polar surface area (TPSA) is 51.1 Å². The molecule has 2 rings (SSSR count). The quantitative estimate of drug-likeness (QED) is 0.909. The first-order valence-corrected chi connectivity index (χ1v) is 6.70. The summed E-state index contributed by atoms with van der Waals surface area (Å²) in [5, 5.41) is 12.6. The van der Waals surface area contributed by atoms with Crippen molar-refractivity contribution in [2.75, 3.05) is 13.2 Å². The minimum atomic E-state index is -2.50. The van der Waals surface area contributed by atoms with E-state index in [-0.39, 0.29) is 12.7 Å². The van der Waals surface area contributed by atoms with Gasteiger partial charge in [0.15, 0.2) is 6.10 Å². The Kier molecular flexibility index (Phi) is 7.25. The highest BCUT2D eigenvalue weighted by molar-refractivity contribution is 5.86. The molecule has 0 aromatic heterocycles. The zero-order valence-corrected chi connectivity index (χ0v) is 12.3. The van der Waals surface area contributed by atoms with Crippen LogP contribution in [0.3, 0.4) is 0 Å². The van der Waals surface area contributed by atoms with Crippen LogP contribution in [0, 0.1) is 0 Å². The standard InChI is InChI=1S/C12H15NO3.C3H6F2/c14-7-11-6-12(16-13-11)9-15-8-10-4-2-1-3-5-10;1-3(2,4)5/h1-5,12,14H,6-9H2;1-2H3. The van der Waals surface area contributed by atoms with Gasteiger partial charge in [-0.05, 0) is 19.4 Å². The molecule has 6 heteroatoms. The molecule has 1 aliphatic rings. The molecule has 0 saturated carbocycles. The van der Waals surface area contributed by atoms with Gasteiger partial charge in [0.1, 0.15) is 0 Å². The summed E-state index contributed by atoms with van der Waals surface area (Å²) in [7, 11) is 0. The maximum atomic E-state index is 11.0. The minimum Gasteiger partial charge on any atom is -0.390 e. The van der Waals surface area contributed by atoms with Crippen LogP contribution >= 0.6 is 0 Å². The van der Waals surface area contributed by atoms with Crippen molar-refractivity contribution in [2.45, 2.75) is 38.9 Å². The van der Waals surface area contributed by atoms with Gasteiger partial charge < -0.3 is 14.7 Å². The van der Waals surface area contributed by atoms with E-state index in [0.29, 0.717) is 25.3 Å². The van der Waals surface area contributed by atoms with Crippen molar-refractivity contribution in [1.82, 2.24) is 0 Å². The number of nitrogens with zero attached hydrogens (tertiary/aromatic N) is 1. The zero-order valence-electron chi connectivity index (χ0n) is 12.3. The molecule has 118 valence electrons. The normalized spacial score (nSPS) is 17.6. The van der Waals surface area contributed by atoms with Gasteiger partial charge in [-0.1, -0.05) is 35.5 Å². The molecule has 21 heavy (non-hydrogen) atoms. The van der Waals surface area contributed by atoms with Crippen molar-refractivity contribution in [3.05, 3.63) is 35.9 Å². The summed E-state index contributed by atoms with van der Waals surface area (Å²) in [6.45, 7) is 2.76. The predicted octanol–water partition coefficient (Wildman–Crippen LogP) is 3.00. The molecular formula is C15H21F2NO3. The molecule has 1 unspecified atom stereocenters. The molecule has 0 bridgehead atoms. The average molecular weight is 301 g/mol. The summed E-state index contributed by atoms with van der Waals surface area (Å²) in [5.41, 5.74) is 1.83. The van der Waals surface area contributed by atoms with E-state index in [9.17, 15) is 8.78 Å². The van der Waals surface area contributed by atoms with Gasteiger partial charge in [-0.2, -0.15) is 0 Å².